The lowest BCUT2D eigenvalue weighted by molar-refractivity contribution is -0.125. The van der Waals surface area contributed by atoms with Crippen LogP contribution in [-0.2, 0) is 17.8 Å². The Morgan fingerprint density at radius 1 is 1.16 bits per heavy atom. The summed E-state index contributed by atoms with van der Waals surface area (Å²) in [5, 5.41) is 3.14. The Balaban J connectivity index is 1.38. The first kappa shape index (κ1) is 18.0. The fourth-order valence-electron chi connectivity index (χ4n) is 3.97. The number of nitrogens with one attached hydrogen (secondary N) is 1. The Kier molecular flexibility index (Phi) is 6.48. The molecule has 0 aliphatic heterocycles. The van der Waals surface area contributed by atoms with Crippen LogP contribution in [0.3, 0.4) is 0 Å². The number of para-hydroxylation sites is 2. The predicted octanol–water partition coefficient (Wildman–Crippen LogP) is 4.47. The van der Waals surface area contributed by atoms with Gasteiger partial charge in [0.2, 0.25) is 5.91 Å². The summed E-state index contributed by atoms with van der Waals surface area (Å²) < 4.78 is 2.32. The Bertz CT molecular complexity index is 686. The summed E-state index contributed by atoms with van der Waals surface area (Å²) in [5.41, 5.74) is 2.33. The number of carbonyl (C=O) groups excluding carboxylic acids is 1. The van der Waals surface area contributed by atoms with Crippen molar-refractivity contribution >= 4 is 16.9 Å². The average molecular weight is 341 g/mol. The highest BCUT2D eigenvalue weighted by atomic mass is 16.1. The monoisotopic (exact) mass is 341 g/mol. The second-order valence-corrected chi connectivity index (χ2v) is 7.20. The molecule has 1 heterocycles. The predicted molar refractivity (Wildman–Crippen MR) is 103 cm³/mol. The van der Waals surface area contributed by atoms with Crippen LogP contribution in [0.2, 0.25) is 0 Å². The average Bonchev–Trinajstić information content (AvgIpc) is 3.02. The molecule has 1 aromatic carbocycles. The van der Waals surface area contributed by atoms with Crippen LogP contribution in [0.1, 0.15) is 64.1 Å². The molecule has 0 unspecified atom stereocenters. The normalized spacial score (nSPS) is 15.6. The number of hydrogen-bond acceptors (Lipinski definition) is 2. The molecule has 1 aromatic heterocycles. The van der Waals surface area contributed by atoms with Crippen LogP contribution in [0.5, 0.6) is 0 Å². The van der Waals surface area contributed by atoms with Gasteiger partial charge in [-0.1, -0.05) is 37.8 Å². The Labute approximate surface area is 151 Å². The summed E-state index contributed by atoms with van der Waals surface area (Å²) in [7, 11) is 0. The number of hydrogen-bond donors (Lipinski definition) is 1. The number of unbranched alkanes of at least 4 members (excludes halogenated alkanes) is 2. The summed E-state index contributed by atoms with van der Waals surface area (Å²) in [6.45, 7) is 3.96. The minimum Gasteiger partial charge on any atom is -0.356 e. The van der Waals surface area contributed by atoms with Crippen molar-refractivity contribution in [3.63, 3.8) is 0 Å². The van der Waals surface area contributed by atoms with Crippen molar-refractivity contribution in [2.75, 3.05) is 6.54 Å². The highest BCUT2D eigenvalue weighted by molar-refractivity contribution is 5.78. The number of aryl methyl sites for hydroxylation is 2. The molecule has 1 N–H and O–H groups in total. The molecule has 0 radical (unpaired) electrons. The molecule has 25 heavy (non-hydrogen) atoms. The lowest BCUT2D eigenvalue weighted by Crippen LogP contribution is -2.32. The van der Waals surface area contributed by atoms with Crippen LogP contribution in [0, 0.1) is 5.92 Å². The largest absolute Gasteiger partial charge is 0.356 e. The first-order chi connectivity index (χ1) is 12.3. The third-order valence-corrected chi connectivity index (χ3v) is 5.40. The van der Waals surface area contributed by atoms with E-state index in [4.69, 9.17) is 4.98 Å². The zero-order valence-electron chi connectivity index (χ0n) is 15.5. The highest BCUT2D eigenvalue weighted by Crippen LogP contribution is 2.23. The van der Waals surface area contributed by atoms with Crippen LogP contribution >= 0.6 is 0 Å². The molecule has 1 aliphatic carbocycles. The number of carbonyl (C=O) groups is 1. The zero-order chi connectivity index (χ0) is 17.5. The van der Waals surface area contributed by atoms with Crippen molar-refractivity contribution in [2.45, 2.75) is 71.3 Å². The van der Waals surface area contributed by atoms with Gasteiger partial charge in [0.05, 0.1) is 11.0 Å². The van der Waals surface area contributed by atoms with Crippen LogP contribution in [-0.4, -0.2) is 22.0 Å². The van der Waals surface area contributed by atoms with E-state index < -0.39 is 0 Å². The summed E-state index contributed by atoms with van der Waals surface area (Å²) in [4.78, 5) is 16.9. The molecule has 3 rings (SSSR count). The minimum absolute atomic E-state index is 0.276. The molecule has 2 aromatic rings. The first-order valence-corrected chi connectivity index (χ1v) is 10.0. The van der Waals surface area contributed by atoms with Gasteiger partial charge in [0.15, 0.2) is 0 Å². The number of rotatable bonds is 8. The van der Waals surface area contributed by atoms with Gasteiger partial charge in [-0.15, -0.1) is 0 Å². The molecule has 1 fully saturated rings. The second-order valence-electron chi connectivity index (χ2n) is 7.20. The molecule has 136 valence electrons. The molecule has 1 saturated carbocycles. The van der Waals surface area contributed by atoms with Crippen LogP contribution < -0.4 is 5.32 Å². The molecule has 4 nitrogen and oxygen atoms in total. The van der Waals surface area contributed by atoms with E-state index in [1.165, 1.54) is 30.6 Å². The molecular weight excluding hydrogens is 310 g/mol. The molecule has 4 heteroatoms. The van der Waals surface area contributed by atoms with E-state index in [0.717, 1.165) is 57.1 Å². The summed E-state index contributed by atoms with van der Waals surface area (Å²) >= 11 is 0. The van der Waals surface area contributed by atoms with E-state index in [1.807, 2.05) is 6.07 Å². The van der Waals surface area contributed by atoms with E-state index >= 15 is 0 Å². The topological polar surface area (TPSA) is 46.9 Å². The third kappa shape index (κ3) is 4.62. The van der Waals surface area contributed by atoms with Crippen molar-refractivity contribution in [2.24, 2.45) is 5.92 Å². The lowest BCUT2D eigenvalue weighted by Gasteiger charge is -2.20. The van der Waals surface area contributed by atoms with Crippen molar-refractivity contribution in [3.05, 3.63) is 30.1 Å². The number of imidazole rings is 1. The molecule has 1 aliphatic rings. The molecule has 0 saturated heterocycles. The fourth-order valence-corrected chi connectivity index (χ4v) is 3.97. The number of fused-ring (bicyclic) bond motifs is 1. The number of nitrogens with zero attached hydrogens (tertiary/aromatic N) is 2. The van der Waals surface area contributed by atoms with Gasteiger partial charge >= 0.3 is 0 Å². The van der Waals surface area contributed by atoms with Gasteiger partial charge in [0.25, 0.3) is 0 Å². The van der Waals surface area contributed by atoms with Crippen LogP contribution in [0.25, 0.3) is 11.0 Å². The van der Waals surface area contributed by atoms with Gasteiger partial charge in [-0.25, -0.2) is 4.98 Å². The fraction of sp³-hybridized carbons (Fsp3) is 0.619. The number of amides is 1. The van der Waals surface area contributed by atoms with Crippen molar-refractivity contribution in [1.29, 1.82) is 0 Å². The Morgan fingerprint density at radius 3 is 2.76 bits per heavy atom. The van der Waals surface area contributed by atoms with Crippen LogP contribution in [0.15, 0.2) is 24.3 Å². The minimum atomic E-state index is 0.276. The van der Waals surface area contributed by atoms with E-state index in [9.17, 15) is 4.79 Å². The van der Waals surface area contributed by atoms with Crippen molar-refractivity contribution in [1.82, 2.24) is 14.9 Å². The van der Waals surface area contributed by atoms with Gasteiger partial charge in [0.1, 0.15) is 5.82 Å². The molecule has 0 spiro atoms. The maximum absolute atomic E-state index is 12.1. The highest BCUT2D eigenvalue weighted by Gasteiger charge is 2.20. The Hall–Kier alpha value is -1.84. The van der Waals surface area contributed by atoms with Crippen molar-refractivity contribution < 1.29 is 4.79 Å². The molecule has 0 atom stereocenters. The summed E-state index contributed by atoms with van der Waals surface area (Å²) in [6, 6.07) is 8.37. The van der Waals surface area contributed by atoms with E-state index in [0.29, 0.717) is 0 Å². The quantitative estimate of drug-likeness (QED) is 0.720. The number of benzene rings is 1. The molecular formula is C21H31N3O. The smallest absolute Gasteiger partial charge is 0.223 e. The summed E-state index contributed by atoms with van der Waals surface area (Å²) in [6.07, 6.45) is 10.2. The SMILES string of the molecule is CCn1c(CCCCCNC(=O)C2CCCCC2)nc2ccccc21. The Morgan fingerprint density at radius 2 is 1.96 bits per heavy atom. The third-order valence-electron chi connectivity index (χ3n) is 5.40. The van der Waals surface area contributed by atoms with E-state index in [2.05, 4.69) is 35.0 Å². The van der Waals surface area contributed by atoms with Crippen LogP contribution in [0.4, 0.5) is 0 Å². The standard InChI is InChI=1S/C21H31N3O/c1-2-24-19-14-9-8-13-18(19)23-20(24)15-7-4-10-16-22-21(25)17-11-5-3-6-12-17/h8-9,13-14,17H,2-7,10-12,15-16H2,1H3,(H,22,25). The van der Waals surface area contributed by atoms with Gasteiger partial charge in [-0.3, -0.25) is 4.79 Å². The van der Waals surface area contributed by atoms with Gasteiger partial charge < -0.3 is 9.88 Å². The van der Waals surface area contributed by atoms with Gasteiger partial charge in [-0.2, -0.15) is 0 Å². The number of aromatic nitrogens is 2. The zero-order valence-corrected chi connectivity index (χ0v) is 15.5. The van der Waals surface area contributed by atoms with E-state index in [1.54, 1.807) is 0 Å². The lowest BCUT2D eigenvalue weighted by atomic mass is 9.89. The first-order valence-electron chi connectivity index (χ1n) is 10.0. The maximum atomic E-state index is 12.1. The molecule has 1 amide bonds. The van der Waals surface area contributed by atoms with Gasteiger partial charge in [-0.05, 0) is 44.7 Å². The second kappa shape index (κ2) is 9.02. The van der Waals surface area contributed by atoms with Crippen molar-refractivity contribution in [3.8, 4) is 0 Å². The maximum Gasteiger partial charge on any atom is 0.223 e. The van der Waals surface area contributed by atoms with E-state index in [-0.39, 0.29) is 11.8 Å². The van der Waals surface area contributed by atoms with Gasteiger partial charge in [0, 0.05) is 25.4 Å². The molecule has 0 bridgehead atoms. The summed E-state index contributed by atoms with van der Waals surface area (Å²) in [5.74, 6) is 1.75.